The number of benzene rings is 1. The van der Waals surface area contributed by atoms with E-state index < -0.39 is 0 Å². The molecular formula is C22H30N4O3S. The van der Waals surface area contributed by atoms with Crippen LogP contribution < -0.4 is 14.8 Å². The van der Waals surface area contributed by atoms with E-state index in [0.29, 0.717) is 18.4 Å². The van der Waals surface area contributed by atoms with Gasteiger partial charge in [0, 0.05) is 43.8 Å². The van der Waals surface area contributed by atoms with Crippen LogP contribution in [-0.2, 0) is 0 Å². The Balaban J connectivity index is 1.22. The van der Waals surface area contributed by atoms with Crippen molar-refractivity contribution in [3.63, 3.8) is 0 Å². The maximum absolute atomic E-state index is 12.7. The zero-order valence-electron chi connectivity index (χ0n) is 17.5. The van der Waals surface area contributed by atoms with Crippen LogP contribution in [0.15, 0.2) is 35.8 Å². The highest BCUT2D eigenvalue weighted by Crippen LogP contribution is 2.27. The number of nitrogens with one attached hydrogen (secondary N) is 1. The van der Waals surface area contributed by atoms with Crippen LogP contribution in [0.1, 0.15) is 32.6 Å². The second-order valence-electron chi connectivity index (χ2n) is 7.73. The van der Waals surface area contributed by atoms with Crippen LogP contribution in [0.4, 0.5) is 10.5 Å². The molecule has 162 valence electrons. The molecular weight excluding hydrogens is 400 g/mol. The van der Waals surface area contributed by atoms with Crippen LogP contribution in [0.25, 0.3) is 0 Å². The van der Waals surface area contributed by atoms with Gasteiger partial charge in [0.15, 0.2) is 0 Å². The average Bonchev–Trinajstić information content (AvgIpc) is 3.29. The zero-order valence-corrected chi connectivity index (χ0v) is 18.3. The molecule has 1 aromatic carbocycles. The SMILES string of the molecule is CCOc1ccccc1NC(=O)N1CCC(N2CCC(Oc3nccs3)CC2)CC1. The second kappa shape index (κ2) is 10.1. The number of nitrogens with zero attached hydrogens (tertiary/aromatic N) is 3. The van der Waals surface area contributed by atoms with E-state index in [-0.39, 0.29) is 12.1 Å². The number of amides is 2. The number of aromatic nitrogens is 1. The molecule has 0 atom stereocenters. The highest BCUT2D eigenvalue weighted by molar-refractivity contribution is 7.11. The van der Waals surface area contributed by atoms with Crippen molar-refractivity contribution in [2.24, 2.45) is 0 Å². The van der Waals surface area contributed by atoms with Crippen molar-refractivity contribution in [1.29, 1.82) is 0 Å². The summed E-state index contributed by atoms with van der Waals surface area (Å²) in [5.41, 5.74) is 0.730. The molecule has 1 aromatic heterocycles. The van der Waals surface area contributed by atoms with Gasteiger partial charge in [-0.1, -0.05) is 23.5 Å². The summed E-state index contributed by atoms with van der Waals surface area (Å²) in [4.78, 5) is 21.4. The van der Waals surface area contributed by atoms with Crippen LogP contribution in [0, 0.1) is 0 Å². The van der Waals surface area contributed by atoms with Gasteiger partial charge in [0.2, 0.25) is 0 Å². The molecule has 0 unspecified atom stereocenters. The normalized spacial score (nSPS) is 18.9. The molecule has 0 bridgehead atoms. The first-order valence-corrected chi connectivity index (χ1v) is 11.7. The van der Waals surface area contributed by atoms with E-state index in [1.54, 1.807) is 17.5 Å². The molecule has 2 amide bonds. The lowest BCUT2D eigenvalue weighted by atomic mass is 9.99. The van der Waals surface area contributed by atoms with E-state index in [1.807, 2.05) is 41.5 Å². The highest BCUT2D eigenvalue weighted by Gasteiger charge is 2.30. The number of carbonyl (C=O) groups excluding carboxylic acids is 1. The second-order valence-corrected chi connectivity index (χ2v) is 8.59. The molecule has 0 aliphatic carbocycles. The summed E-state index contributed by atoms with van der Waals surface area (Å²) in [6.07, 6.45) is 6.15. The Bertz CT molecular complexity index is 800. The van der Waals surface area contributed by atoms with Gasteiger partial charge in [0.05, 0.1) is 12.3 Å². The monoisotopic (exact) mass is 430 g/mol. The first kappa shape index (κ1) is 20.9. The highest BCUT2D eigenvalue weighted by atomic mass is 32.1. The minimum absolute atomic E-state index is 0.0452. The maximum atomic E-state index is 12.7. The molecule has 8 heteroatoms. The molecule has 2 fully saturated rings. The Labute approximate surface area is 182 Å². The van der Waals surface area contributed by atoms with Crippen molar-refractivity contribution in [3.05, 3.63) is 35.8 Å². The van der Waals surface area contributed by atoms with Gasteiger partial charge in [-0.25, -0.2) is 9.78 Å². The van der Waals surface area contributed by atoms with Crippen molar-refractivity contribution in [2.75, 3.05) is 38.1 Å². The van der Waals surface area contributed by atoms with Crippen LogP contribution in [-0.4, -0.2) is 65.7 Å². The topological polar surface area (TPSA) is 66.9 Å². The van der Waals surface area contributed by atoms with Crippen molar-refractivity contribution in [1.82, 2.24) is 14.8 Å². The van der Waals surface area contributed by atoms with E-state index in [0.717, 1.165) is 62.7 Å². The third-order valence-electron chi connectivity index (χ3n) is 5.85. The fraction of sp³-hybridized carbons (Fsp3) is 0.545. The first-order chi connectivity index (χ1) is 14.7. The summed E-state index contributed by atoms with van der Waals surface area (Å²) in [6.45, 7) is 6.18. The summed E-state index contributed by atoms with van der Waals surface area (Å²) in [6, 6.07) is 8.09. The third-order valence-corrected chi connectivity index (χ3v) is 6.51. The van der Waals surface area contributed by atoms with Crippen molar-refractivity contribution < 1.29 is 14.3 Å². The summed E-state index contributed by atoms with van der Waals surface area (Å²) < 4.78 is 11.6. The van der Waals surface area contributed by atoms with E-state index in [4.69, 9.17) is 9.47 Å². The van der Waals surface area contributed by atoms with Crippen LogP contribution >= 0.6 is 11.3 Å². The average molecular weight is 431 g/mol. The third kappa shape index (κ3) is 5.23. The van der Waals surface area contributed by atoms with E-state index in [1.165, 1.54) is 0 Å². The van der Waals surface area contributed by atoms with Crippen molar-refractivity contribution in [2.45, 2.75) is 44.8 Å². The predicted octanol–water partition coefficient (Wildman–Crippen LogP) is 4.08. The molecule has 0 radical (unpaired) electrons. The van der Waals surface area contributed by atoms with Crippen LogP contribution in [0.5, 0.6) is 10.9 Å². The fourth-order valence-corrected chi connectivity index (χ4v) is 4.80. The fourth-order valence-electron chi connectivity index (χ4n) is 4.25. The number of piperidine rings is 2. The number of para-hydroxylation sites is 2. The summed E-state index contributed by atoms with van der Waals surface area (Å²) in [5.74, 6) is 0.714. The Morgan fingerprint density at radius 1 is 1.17 bits per heavy atom. The number of hydrogen-bond donors (Lipinski definition) is 1. The molecule has 1 N–H and O–H groups in total. The number of rotatable bonds is 6. The number of urea groups is 1. The molecule has 4 rings (SSSR count). The van der Waals surface area contributed by atoms with Gasteiger partial charge in [-0.3, -0.25) is 4.90 Å². The molecule has 3 heterocycles. The number of likely N-dealkylation sites (tertiary alicyclic amines) is 2. The molecule has 0 spiro atoms. The van der Waals surface area contributed by atoms with Crippen LogP contribution in [0.2, 0.25) is 0 Å². The van der Waals surface area contributed by atoms with Gasteiger partial charge >= 0.3 is 6.03 Å². The summed E-state index contributed by atoms with van der Waals surface area (Å²) >= 11 is 1.55. The molecule has 7 nitrogen and oxygen atoms in total. The molecule has 2 aromatic rings. The van der Waals surface area contributed by atoms with Gasteiger partial charge in [-0.2, -0.15) is 0 Å². The van der Waals surface area contributed by atoms with E-state index >= 15 is 0 Å². The first-order valence-electron chi connectivity index (χ1n) is 10.8. The van der Waals surface area contributed by atoms with Gasteiger partial charge in [0.1, 0.15) is 11.9 Å². The van der Waals surface area contributed by atoms with E-state index in [2.05, 4.69) is 15.2 Å². The number of ether oxygens (including phenoxy) is 2. The van der Waals surface area contributed by atoms with E-state index in [9.17, 15) is 4.79 Å². The Kier molecular flexibility index (Phi) is 7.07. The number of carbonyl (C=O) groups is 1. The minimum atomic E-state index is -0.0452. The Morgan fingerprint density at radius 2 is 1.93 bits per heavy atom. The lowest BCUT2D eigenvalue weighted by Crippen LogP contribution is -2.50. The number of anilines is 1. The quantitative estimate of drug-likeness (QED) is 0.748. The minimum Gasteiger partial charge on any atom is -0.492 e. The Hall–Kier alpha value is -2.32. The van der Waals surface area contributed by atoms with Gasteiger partial charge < -0.3 is 19.7 Å². The molecule has 30 heavy (non-hydrogen) atoms. The molecule has 2 aliphatic heterocycles. The molecule has 2 aliphatic rings. The Morgan fingerprint density at radius 3 is 2.63 bits per heavy atom. The van der Waals surface area contributed by atoms with Crippen LogP contribution in [0.3, 0.4) is 0 Å². The number of thiazole rings is 1. The predicted molar refractivity (Wildman–Crippen MR) is 119 cm³/mol. The zero-order chi connectivity index (χ0) is 20.8. The lowest BCUT2D eigenvalue weighted by molar-refractivity contribution is 0.0544. The largest absolute Gasteiger partial charge is 0.492 e. The lowest BCUT2D eigenvalue weighted by Gasteiger charge is -2.41. The number of hydrogen-bond acceptors (Lipinski definition) is 6. The van der Waals surface area contributed by atoms with Gasteiger partial charge in [-0.15, -0.1) is 0 Å². The molecule has 0 saturated carbocycles. The van der Waals surface area contributed by atoms with Crippen molar-refractivity contribution in [3.8, 4) is 10.9 Å². The summed E-state index contributed by atoms with van der Waals surface area (Å²) in [5, 5.41) is 5.74. The summed E-state index contributed by atoms with van der Waals surface area (Å²) in [7, 11) is 0. The smallest absolute Gasteiger partial charge is 0.321 e. The van der Waals surface area contributed by atoms with Crippen molar-refractivity contribution >= 4 is 23.1 Å². The van der Waals surface area contributed by atoms with Gasteiger partial charge in [0.25, 0.3) is 5.19 Å². The maximum Gasteiger partial charge on any atom is 0.321 e. The molecule has 2 saturated heterocycles. The standard InChI is InChI=1S/C22H30N4O3S/c1-2-28-20-6-4-3-5-19(20)24-21(27)26-12-7-17(8-13-26)25-14-9-18(10-15-25)29-22-23-11-16-30-22/h3-6,11,16-18H,2,7-10,12-15H2,1H3,(H,24,27). The van der Waals surface area contributed by atoms with Gasteiger partial charge in [-0.05, 0) is 44.7 Å².